The van der Waals surface area contributed by atoms with Gasteiger partial charge in [-0.3, -0.25) is 23.6 Å². The zero-order valence-electron chi connectivity index (χ0n) is 30.8. The molecule has 2 fully saturated rings. The van der Waals surface area contributed by atoms with Gasteiger partial charge in [-0.05, 0) is 86.4 Å². The number of nitrogens with one attached hydrogen (secondary N) is 1. The minimum atomic E-state index is -4.06. The third-order valence-electron chi connectivity index (χ3n) is 7.68. The molecule has 1 aromatic carbocycles. The van der Waals surface area contributed by atoms with Gasteiger partial charge in [-0.1, -0.05) is 0 Å². The summed E-state index contributed by atoms with van der Waals surface area (Å²) in [6, 6.07) is 4.52. The van der Waals surface area contributed by atoms with Crippen LogP contribution in [0.5, 0.6) is 0 Å². The van der Waals surface area contributed by atoms with E-state index in [4.69, 9.17) is 22.8 Å². The van der Waals surface area contributed by atoms with E-state index < -0.39 is 63.0 Å². The van der Waals surface area contributed by atoms with Gasteiger partial charge in [-0.15, -0.1) is 0 Å². The predicted molar refractivity (Wildman–Crippen MR) is 189 cm³/mol. The van der Waals surface area contributed by atoms with E-state index in [1.54, 1.807) is 72.4 Å². The van der Waals surface area contributed by atoms with Crippen molar-refractivity contribution >= 4 is 44.5 Å². The first kappa shape index (κ1) is 41.9. The lowest BCUT2D eigenvalue weighted by Gasteiger charge is -2.37. The molecule has 2 heterocycles. The number of cyclic esters (lactones) is 1. The highest BCUT2D eigenvalue weighted by Gasteiger charge is 2.52. The number of benzene rings is 1. The second-order valence-electron chi connectivity index (χ2n) is 13.6. The van der Waals surface area contributed by atoms with Crippen LogP contribution >= 0.6 is 15.2 Å². The van der Waals surface area contributed by atoms with Crippen LogP contribution in [0.25, 0.3) is 0 Å². The molecule has 17 heteroatoms. The number of rotatable bonds is 18. The fourth-order valence-corrected chi connectivity index (χ4v) is 11.9. The number of hydrogen-bond acceptors (Lipinski definition) is 11. The van der Waals surface area contributed by atoms with E-state index in [1.165, 1.54) is 17.9 Å². The molecule has 0 radical (unpaired) electrons. The van der Waals surface area contributed by atoms with Crippen molar-refractivity contribution in [1.29, 1.82) is 0 Å². The van der Waals surface area contributed by atoms with E-state index >= 15 is 4.39 Å². The summed E-state index contributed by atoms with van der Waals surface area (Å²) < 4.78 is 72.7. The Balaban J connectivity index is 1.65. The summed E-state index contributed by atoms with van der Waals surface area (Å²) in [6.07, 6.45) is -2.81. The molecule has 1 aromatic rings. The van der Waals surface area contributed by atoms with Gasteiger partial charge in [-0.2, -0.15) is 0 Å². The minimum absolute atomic E-state index is 0.0370. The lowest BCUT2D eigenvalue weighted by molar-refractivity contribution is -0.131. The molecule has 0 bridgehead atoms. The zero-order valence-corrected chi connectivity index (χ0v) is 32.5. The van der Waals surface area contributed by atoms with Crippen molar-refractivity contribution in [3.63, 3.8) is 0 Å². The monoisotopic (exact) mass is 748 g/mol. The summed E-state index contributed by atoms with van der Waals surface area (Å²) in [5.41, 5.74) is 0.695. The molecular weight excluding hydrogens is 693 g/mol. The van der Waals surface area contributed by atoms with Gasteiger partial charge in [0.2, 0.25) is 11.8 Å². The zero-order chi connectivity index (χ0) is 37.4. The molecule has 0 saturated carbocycles. The van der Waals surface area contributed by atoms with E-state index in [0.29, 0.717) is 37.6 Å². The standard InChI is InChI=1S/C33H55FN4O10P2/c1-22(2)45-49(42,46-23(3)4)32(50(43,47-24(5)6)48-25(7)8)12-10-11-31(40)37-17-15-36(16-18-37)30-14-13-27(19-29(30)34)38-21-28(44-33(38)41)20-35-26(9)39/h13-14,19,22-25,28,32H,10-12,15-18,20-21H2,1-9H3,(H,35,39)/t28-/m0/s1. The number of ether oxygens (including phenoxy) is 1. The van der Waals surface area contributed by atoms with Crippen LogP contribution in [0.2, 0.25) is 0 Å². The van der Waals surface area contributed by atoms with Crippen molar-refractivity contribution in [2.75, 3.05) is 49.1 Å². The number of anilines is 2. The largest absolute Gasteiger partial charge is 0.442 e. The third-order valence-corrected chi connectivity index (χ3v) is 14.2. The molecule has 14 nitrogen and oxygen atoms in total. The van der Waals surface area contributed by atoms with Crippen molar-refractivity contribution in [2.45, 2.75) is 117 Å². The van der Waals surface area contributed by atoms with Crippen molar-refractivity contribution in [2.24, 2.45) is 0 Å². The SMILES string of the molecule is CC(=O)NC[C@H]1CN(c2ccc(N3CCN(C(=O)CCCC(P(=O)(OC(C)C)OC(C)C)P(=O)(OC(C)C)OC(C)C)CC3)c(F)c2)C(=O)O1. The van der Waals surface area contributed by atoms with Crippen LogP contribution in [0.3, 0.4) is 0 Å². The van der Waals surface area contributed by atoms with E-state index in [0.717, 1.165) is 0 Å². The van der Waals surface area contributed by atoms with Crippen LogP contribution in [0.15, 0.2) is 18.2 Å². The van der Waals surface area contributed by atoms with E-state index in [1.807, 2.05) is 4.90 Å². The molecule has 0 spiro atoms. The average molecular weight is 749 g/mol. The molecule has 284 valence electrons. The van der Waals surface area contributed by atoms with Gasteiger partial charge < -0.3 is 37.9 Å². The summed E-state index contributed by atoms with van der Waals surface area (Å²) >= 11 is 0. The van der Waals surface area contributed by atoms with Crippen molar-refractivity contribution in [3.8, 4) is 0 Å². The van der Waals surface area contributed by atoms with Crippen LogP contribution in [-0.2, 0) is 41.6 Å². The highest BCUT2D eigenvalue weighted by molar-refractivity contribution is 7.72. The van der Waals surface area contributed by atoms with Gasteiger partial charge in [0.15, 0.2) is 5.40 Å². The van der Waals surface area contributed by atoms with Crippen LogP contribution in [0, 0.1) is 5.82 Å². The number of carbonyl (C=O) groups excluding carboxylic acids is 3. The molecular formula is C33H55FN4O10P2. The molecule has 1 N–H and O–H groups in total. The van der Waals surface area contributed by atoms with Crippen LogP contribution in [-0.4, -0.2) is 98.0 Å². The molecule has 1 atom stereocenters. The average Bonchev–Trinajstić information content (AvgIpc) is 3.36. The Morgan fingerprint density at radius 1 is 0.900 bits per heavy atom. The van der Waals surface area contributed by atoms with Gasteiger partial charge in [0.25, 0.3) is 0 Å². The summed E-state index contributed by atoms with van der Waals surface area (Å²) in [5, 5.41) is 1.37. The first-order chi connectivity index (χ1) is 23.3. The quantitative estimate of drug-likeness (QED) is 0.163. The number of hydrogen-bond donors (Lipinski definition) is 1. The molecule has 50 heavy (non-hydrogen) atoms. The molecule has 2 saturated heterocycles. The molecule has 2 aliphatic rings. The first-order valence-corrected chi connectivity index (χ1v) is 20.5. The Labute approximate surface area is 295 Å². The van der Waals surface area contributed by atoms with Gasteiger partial charge in [0.1, 0.15) is 11.9 Å². The van der Waals surface area contributed by atoms with Crippen LogP contribution in [0.4, 0.5) is 20.6 Å². The van der Waals surface area contributed by atoms with Gasteiger partial charge in [0, 0.05) is 39.5 Å². The lowest BCUT2D eigenvalue weighted by atomic mass is 10.2. The number of carbonyl (C=O) groups is 3. The summed E-state index contributed by atoms with van der Waals surface area (Å²) in [4.78, 5) is 41.8. The Morgan fingerprint density at radius 2 is 1.42 bits per heavy atom. The summed E-state index contributed by atoms with van der Waals surface area (Å²) in [5.74, 6) is -0.897. The first-order valence-electron chi connectivity index (χ1n) is 17.3. The van der Waals surface area contributed by atoms with Gasteiger partial charge in [-0.25, -0.2) is 9.18 Å². The Hall–Kier alpha value is -2.54. The minimum Gasteiger partial charge on any atom is -0.442 e. The molecule has 0 aromatic heterocycles. The maximum absolute atomic E-state index is 15.3. The van der Waals surface area contributed by atoms with Gasteiger partial charge >= 0.3 is 21.3 Å². The second kappa shape index (κ2) is 18.3. The number of piperazine rings is 1. The van der Waals surface area contributed by atoms with Crippen LogP contribution in [0.1, 0.15) is 81.6 Å². The van der Waals surface area contributed by atoms with Crippen molar-refractivity contribution < 1.29 is 50.7 Å². The second-order valence-corrected chi connectivity index (χ2v) is 18.3. The Kier molecular flexibility index (Phi) is 15.3. The van der Waals surface area contributed by atoms with Crippen molar-refractivity contribution in [1.82, 2.24) is 10.2 Å². The van der Waals surface area contributed by atoms with E-state index in [2.05, 4.69) is 5.32 Å². The normalized spacial score (nSPS) is 17.5. The molecule has 2 aliphatic heterocycles. The molecule has 0 aliphatic carbocycles. The smallest absolute Gasteiger partial charge is 0.414 e. The van der Waals surface area contributed by atoms with E-state index in [9.17, 15) is 23.5 Å². The van der Waals surface area contributed by atoms with Crippen molar-refractivity contribution in [3.05, 3.63) is 24.0 Å². The summed E-state index contributed by atoms with van der Waals surface area (Å²) in [6.45, 7) is 16.9. The highest BCUT2D eigenvalue weighted by Crippen LogP contribution is 2.73. The fraction of sp³-hybridized carbons (Fsp3) is 0.727. The number of halogens is 1. The maximum Gasteiger partial charge on any atom is 0.414 e. The summed E-state index contributed by atoms with van der Waals surface area (Å²) in [7, 11) is -8.13. The molecule has 3 amide bonds. The topological polar surface area (TPSA) is 153 Å². The number of nitrogens with zero attached hydrogens (tertiary/aromatic N) is 3. The predicted octanol–water partition coefficient (Wildman–Crippen LogP) is 6.52. The Morgan fingerprint density at radius 3 is 1.88 bits per heavy atom. The van der Waals surface area contributed by atoms with E-state index in [-0.39, 0.29) is 44.2 Å². The van der Waals surface area contributed by atoms with Crippen LogP contribution < -0.4 is 15.1 Å². The molecule has 3 rings (SSSR count). The van der Waals surface area contributed by atoms with Gasteiger partial charge in [0.05, 0.1) is 48.9 Å². The maximum atomic E-state index is 15.3. The third kappa shape index (κ3) is 11.7. The fourth-order valence-electron chi connectivity index (χ4n) is 5.80. The Bertz CT molecular complexity index is 1350. The highest BCUT2D eigenvalue weighted by atomic mass is 31.2. The number of amides is 3. The lowest BCUT2D eigenvalue weighted by Crippen LogP contribution is -2.49. The molecule has 0 unspecified atom stereocenters.